The summed E-state index contributed by atoms with van der Waals surface area (Å²) in [5.74, 6) is 1.40. The lowest BCUT2D eigenvalue weighted by molar-refractivity contribution is 0.162. The van der Waals surface area contributed by atoms with E-state index in [0.29, 0.717) is 12.3 Å². The maximum absolute atomic E-state index is 10.3. The van der Waals surface area contributed by atoms with Gasteiger partial charge in [0.05, 0.1) is 6.61 Å². The zero-order chi connectivity index (χ0) is 8.53. The predicted molar refractivity (Wildman–Crippen MR) is 42.7 cm³/mol. The molecule has 0 heterocycles. The number of hydroxylamine groups is 1. The molecule has 0 fully saturated rings. The number of hydrogen-bond donors (Lipinski definition) is 4. The molecule has 5 nitrogen and oxygen atoms in total. The van der Waals surface area contributed by atoms with Crippen molar-refractivity contribution in [3.05, 3.63) is 0 Å². The minimum atomic E-state index is -0.602. The van der Waals surface area contributed by atoms with Gasteiger partial charge < -0.3 is 10.4 Å². The Bertz CT molecular complexity index is 112. The van der Waals surface area contributed by atoms with Crippen molar-refractivity contribution >= 4 is 17.8 Å². The standard InChI is InChI=1S/C5H12N2O3S/c8-2-4-11-3-1-6-5(9)7-10/h8,10H,1-4H2,(H2,6,7,9). The first-order valence-electron chi connectivity index (χ1n) is 3.17. The molecule has 0 aliphatic carbocycles. The van der Waals surface area contributed by atoms with Gasteiger partial charge in [0, 0.05) is 18.1 Å². The number of thioether (sulfide) groups is 1. The number of carbonyl (C=O) groups excluding carboxylic acids is 1. The zero-order valence-corrected chi connectivity index (χ0v) is 6.86. The lowest BCUT2D eigenvalue weighted by Crippen LogP contribution is -2.34. The van der Waals surface area contributed by atoms with E-state index < -0.39 is 6.03 Å². The van der Waals surface area contributed by atoms with Crippen LogP contribution in [0, 0.1) is 0 Å². The van der Waals surface area contributed by atoms with E-state index in [9.17, 15) is 4.79 Å². The highest BCUT2D eigenvalue weighted by molar-refractivity contribution is 7.99. The van der Waals surface area contributed by atoms with E-state index in [2.05, 4.69) is 5.32 Å². The molecule has 0 bridgehead atoms. The lowest BCUT2D eigenvalue weighted by Gasteiger charge is -2.01. The Morgan fingerprint density at radius 3 is 2.73 bits per heavy atom. The lowest BCUT2D eigenvalue weighted by atomic mass is 10.7. The molecule has 0 saturated heterocycles. The molecule has 0 rings (SSSR count). The molecule has 0 unspecified atom stereocenters. The summed E-state index contributed by atoms with van der Waals surface area (Å²) in [6.07, 6.45) is 0. The Morgan fingerprint density at radius 1 is 1.45 bits per heavy atom. The van der Waals surface area contributed by atoms with Crippen molar-refractivity contribution in [2.75, 3.05) is 24.7 Å². The first-order valence-corrected chi connectivity index (χ1v) is 4.33. The van der Waals surface area contributed by atoms with Gasteiger partial charge in [-0.05, 0) is 0 Å². The van der Waals surface area contributed by atoms with Crippen LogP contribution in [0.3, 0.4) is 0 Å². The fourth-order valence-electron chi connectivity index (χ4n) is 0.443. The van der Waals surface area contributed by atoms with Crippen molar-refractivity contribution in [3.8, 4) is 0 Å². The number of nitrogens with one attached hydrogen (secondary N) is 2. The predicted octanol–water partition coefficient (Wildman–Crippen LogP) is -0.600. The summed E-state index contributed by atoms with van der Waals surface area (Å²) in [5, 5.41) is 18.8. The second-order valence-electron chi connectivity index (χ2n) is 1.70. The smallest absolute Gasteiger partial charge is 0.338 e. The highest BCUT2D eigenvalue weighted by atomic mass is 32.2. The third-order valence-corrected chi connectivity index (χ3v) is 1.83. The second-order valence-corrected chi connectivity index (χ2v) is 2.93. The first kappa shape index (κ1) is 10.5. The molecule has 0 spiro atoms. The van der Waals surface area contributed by atoms with Crippen molar-refractivity contribution in [1.82, 2.24) is 10.8 Å². The number of urea groups is 1. The second kappa shape index (κ2) is 7.64. The van der Waals surface area contributed by atoms with Crippen molar-refractivity contribution in [3.63, 3.8) is 0 Å². The van der Waals surface area contributed by atoms with Gasteiger partial charge in [-0.2, -0.15) is 11.8 Å². The van der Waals surface area contributed by atoms with Crippen molar-refractivity contribution in [2.45, 2.75) is 0 Å². The minimum absolute atomic E-state index is 0.150. The SMILES string of the molecule is O=C(NO)NCCSCCO. The highest BCUT2D eigenvalue weighted by Crippen LogP contribution is 1.95. The quantitative estimate of drug-likeness (QED) is 0.259. The van der Waals surface area contributed by atoms with E-state index in [1.54, 1.807) is 0 Å². The molecule has 0 saturated carbocycles. The molecule has 4 N–H and O–H groups in total. The molecule has 11 heavy (non-hydrogen) atoms. The molecule has 0 aromatic carbocycles. The molecule has 2 amide bonds. The number of hydrogen-bond acceptors (Lipinski definition) is 4. The first-order chi connectivity index (χ1) is 5.31. The van der Waals surface area contributed by atoms with Crippen molar-refractivity contribution in [2.24, 2.45) is 0 Å². The van der Waals surface area contributed by atoms with Crippen LogP contribution in [-0.4, -0.2) is 41.0 Å². The van der Waals surface area contributed by atoms with Crippen LogP contribution in [0.1, 0.15) is 0 Å². The monoisotopic (exact) mass is 180 g/mol. The van der Waals surface area contributed by atoms with E-state index in [1.807, 2.05) is 0 Å². The Hall–Kier alpha value is -0.460. The fourth-order valence-corrected chi connectivity index (χ4v) is 1.02. The average Bonchev–Trinajstić information content (AvgIpc) is 2.04. The van der Waals surface area contributed by atoms with Gasteiger partial charge in [-0.15, -0.1) is 0 Å². The third kappa shape index (κ3) is 7.44. The number of rotatable bonds is 5. The van der Waals surface area contributed by atoms with Gasteiger partial charge >= 0.3 is 6.03 Å². The summed E-state index contributed by atoms with van der Waals surface area (Å²) in [6, 6.07) is -0.602. The number of amides is 2. The van der Waals surface area contributed by atoms with Crippen molar-refractivity contribution < 1.29 is 15.1 Å². The topological polar surface area (TPSA) is 81.6 Å². The van der Waals surface area contributed by atoms with E-state index in [-0.39, 0.29) is 6.61 Å². The molecule has 0 aromatic heterocycles. The molecular formula is C5H12N2O3S. The molecule has 0 aliphatic rings. The molecule has 0 atom stereocenters. The van der Waals surface area contributed by atoms with Crippen molar-refractivity contribution in [1.29, 1.82) is 0 Å². The molecular weight excluding hydrogens is 168 g/mol. The average molecular weight is 180 g/mol. The number of aliphatic hydroxyl groups excluding tert-OH is 1. The van der Waals surface area contributed by atoms with Crippen LogP contribution in [-0.2, 0) is 0 Å². The van der Waals surface area contributed by atoms with Crippen LogP contribution in [0.4, 0.5) is 4.79 Å². The van der Waals surface area contributed by atoms with Gasteiger partial charge in [0.2, 0.25) is 0 Å². The Balaban J connectivity index is 2.95. The normalized spacial score (nSPS) is 9.27. The van der Waals surface area contributed by atoms with Crippen LogP contribution in [0.15, 0.2) is 0 Å². The fraction of sp³-hybridized carbons (Fsp3) is 0.800. The molecule has 0 radical (unpaired) electrons. The Morgan fingerprint density at radius 2 is 2.18 bits per heavy atom. The van der Waals surface area contributed by atoms with E-state index in [1.165, 1.54) is 17.2 Å². The maximum atomic E-state index is 10.3. The van der Waals surface area contributed by atoms with Crippen LogP contribution >= 0.6 is 11.8 Å². The van der Waals surface area contributed by atoms with Gasteiger partial charge in [-0.3, -0.25) is 5.21 Å². The summed E-state index contributed by atoms with van der Waals surface area (Å²) in [4.78, 5) is 10.3. The van der Waals surface area contributed by atoms with Crippen LogP contribution in [0.2, 0.25) is 0 Å². The summed E-state index contributed by atoms with van der Waals surface area (Å²) < 4.78 is 0. The largest absolute Gasteiger partial charge is 0.396 e. The van der Waals surface area contributed by atoms with Crippen LogP contribution in [0.25, 0.3) is 0 Å². The molecule has 66 valence electrons. The number of carbonyl (C=O) groups is 1. The van der Waals surface area contributed by atoms with E-state index in [4.69, 9.17) is 10.3 Å². The number of aliphatic hydroxyl groups is 1. The van der Waals surface area contributed by atoms with Crippen LogP contribution in [0.5, 0.6) is 0 Å². The molecule has 0 aliphatic heterocycles. The highest BCUT2D eigenvalue weighted by Gasteiger charge is 1.94. The van der Waals surface area contributed by atoms with Gasteiger partial charge in [0.15, 0.2) is 0 Å². The van der Waals surface area contributed by atoms with Gasteiger partial charge in [0.25, 0.3) is 0 Å². The Kier molecular flexibility index (Phi) is 7.33. The summed E-state index contributed by atoms with van der Waals surface area (Å²) in [6.45, 7) is 0.633. The van der Waals surface area contributed by atoms with Gasteiger partial charge in [-0.25, -0.2) is 10.3 Å². The van der Waals surface area contributed by atoms with E-state index in [0.717, 1.165) is 5.75 Å². The summed E-state index contributed by atoms with van der Waals surface area (Å²) in [5.41, 5.74) is 1.45. The maximum Gasteiger partial charge on any atom is 0.338 e. The molecule has 6 heteroatoms. The van der Waals surface area contributed by atoms with Gasteiger partial charge in [0.1, 0.15) is 0 Å². The molecule has 0 aromatic rings. The minimum Gasteiger partial charge on any atom is -0.396 e. The Labute approximate surface area is 69.1 Å². The zero-order valence-electron chi connectivity index (χ0n) is 6.04. The van der Waals surface area contributed by atoms with Gasteiger partial charge in [-0.1, -0.05) is 0 Å². The summed E-state index contributed by atoms with van der Waals surface area (Å²) in [7, 11) is 0. The van der Waals surface area contributed by atoms with Crippen LogP contribution < -0.4 is 10.8 Å². The van der Waals surface area contributed by atoms with E-state index >= 15 is 0 Å². The summed E-state index contributed by atoms with van der Waals surface area (Å²) >= 11 is 1.53. The third-order valence-electron chi connectivity index (χ3n) is 0.869.